The number of carbonyl (C=O) groups is 2. The van der Waals surface area contributed by atoms with Gasteiger partial charge in [0.25, 0.3) is 11.7 Å². The van der Waals surface area contributed by atoms with Crippen LogP contribution in [0.25, 0.3) is 5.76 Å². The monoisotopic (exact) mass is 624 g/mol. The van der Waals surface area contributed by atoms with Gasteiger partial charge in [-0.15, -0.1) is 0 Å². The highest BCUT2D eigenvalue weighted by Crippen LogP contribution is 2.39. The van der Waals surface area contributed by atoms with Crippen molar-refractivity contribution in [2.45, 2.75) is 33.4 Å². The number of likely N-dealkylation sites (N-methyl/N-ethyl adjacent to an activating group) is 1. The minimum atomic E-state index is -0.662. The molecular weight excluding hydrogens is 591 g/mol. The number of hydrogen-bond donors (Lipinski definition) is 1. The number of aliphatic hydroxyl groups is 1. The van der Waals surface area contributed by atoms with Crippen LogP contribution in [0.1, 0.15) is 42.1 Å². The first kappa shape index (κ1) is 27.9. The third-order valence-electron chi connectivity index (χ3n) is 7.06. The van der Waals surface area contributed by atoms with Crippen LogP contribution >= 0.6 is 22.6 Å². The average molecular weight is 625 g/mol. The molecule has 1 N–H and O–H groups in total. The van der Waals surface area contributed by atoms with E-state index in [1.807, 2.05) is 55.5 Å². The highest BCUT2D eigenvalue weighted by atomic mass is 127. The summed E-state index contributed by atoms with van der Waals surface area (Å²) in [4.78, 5) is 30.3. The van der Waals surface area contributed by atoms with Gasteiger partial charge in [-0.2, -0.15) is 0 Å². The van der Waals surface area contributed by atoms with Crippen molar-refractivity contribution in [1.82, 2.24) is 9.80 Å². The van der Waals surface area contributed by atoms with E-state index in [1.165, 1.54) is 0 Å². The lowest BCUT2D eigenvalue weighted by Gasteiger charge is -2.28. The molecule has 1 amide bonds. The number of aryl methyl sites for hydroxylation is 1. The quantitative estimate of drug-likeness (QED) is 0.131. The Morgan fingerprint density at radius 1 is 0.974 bits per heavy atom. The summed E-state index contributed by atoms with van der Waals surface area (Å²) in [7, 11) is 0. The molecule has 0 aromatic heterocycles. The fraction of sp³-hybridized carbons (Fsp3) is 0.290. The van der Waals surface area contributed by atoms with Crippen LogP contribution in [0.15, 0.2) is 78.4 Å². The maximum atomic E-state index is 13.3. The van der Waals surface area contributed by atoms with E-state index < -0.39 is 17.7 Å². The number of Topliss-reactive ketones (excluding diaryl/α,β-unsaturated/α-hetero) is 1. The SMILES string of the molecule is CCN(CC)CCN1C(=O)C(=O)C(=C(O)c2ccc(OCc3ccccc3C)cc2)C1c1ccc(I)cc1. The Hall–Kier alpha value is -3.17. The fourth-order valence-corrected chi connectivity index (χ4v) is 5.05. The second-order valence-electron chi connectivity index (χ2n) is 9.31. The maximum absolute atomic E-state index is 13.3. The number of benzene rings is 3. The zero-order valence-corrected chi connectivity index (χ0v) is 24.1. The van der Waals surface area contributed by atoms with Gasteiger partial charge in [0.2, 0.25) is 0 Å². The number of ether oxygens (including phenoxy) is 1. The van der Waals surface area contributed by atoms with E-state index in [0.29, 0.717) is 31.0 Å². The van der Waals surface area contributed by atoms with Crippen LogP contribution in [0.2, 0.25) is 0 Å². The van der Waals surface area contributed by atoms with E-state index in [2.05, 4.69) is 41.3 Å². The lowest BCUT2D eigenvalue weighted by Crippen LogP contribution is -2.38. The van der Waals surface area contributed by atoms with Crippen molar-refractivity contribution in [2.24, 2.45) is 0 Å². The molecule has 1 unspecified atom stereocenters. The third kappa shape index (κ3) is 6.10. The van der Waals surface area contributed by atoms with Crippen molar-refractivity contribution >= 4 is 40.0 Å². The highest BCUT2D eigenvalue weighted by molar-refractivity contribution is 14.1. The number of aliphatic hydroxyl groups excluding tert-OH is 1. The second kappa shape index (κ2) is 12.6. The van der Waals surface area contributed by atoms with Crippen LogP contribution in [0, 0.1) is 10.5 Å². The second-order valence-corrected chi connectivity index (χ2v) is 10.6. The van der Waals surface area contributed by atoms with Crippen molar-refractivity contribution < 1.29 is 19.4 Å². The fourth-order valence-electron chi connectivity index (χ4n) is 4.69. The summed E-state index contributed by atoms with van der Waals surface area (Å²) in [5.41, 5.74) is 3.63. The molecule has 0 radical (unpaired) electrons. The molecule has 1 aliphatic rings. The van der Waals surface area contributed by atoms with E-state index in [1.54, 1.807) is 29.2 Å². The molecule has 0 aliphatic carbocycles. The summed E-state index contributed by atoms with van der Waals surface area (Å²) < 4.78 is 6.98. The van der Waals surface area contributed by atoms with Crippen molar-refractivity contribution in [2.75, 3.05) is 26.2 Å². The molecule has 0 bridgehead atoms. The van der Waals surface area contributed by atoms with Crippen LogP contribution < -0.4 is 4.74 Å². The molecule has 1 aliphatic heterocycles. The summed E-state index contributed by atoms with van der Waals surface area (Å²) >= 11 is 2.22. The van der Waals surface area contributed by atoms with Gasteiger partial charge in [0.1, 0.15) is 18.1 Å². The first-order valence-electron chi connectivity index (χ1n) is 12.9. The van der Waals surface area contributed by atoms with E-state index in [0.717, 1.165) is 33.4 Å². The predicted octanol–water partition coefficient (Wildman–Crippen LogP) is 5.94. The van der Waals surface area contributed by atoms with E-state index in [4.69, 9.17) is 4.74 Å². The van der Waals surface area contributed by atoms with Crippen molar-refractivity contribution in [3.63, 3.8) is 0 Å². The van der Waals surface area contributed by atoms with Crippen LogP contribution in [0.3, 0.4) is 0 Å². The minimum Gasteiger partial charge on any atom is -0.507 e. The molecule has 1 heterocycles. The van der Waals surface area contributed by atoms with Crippen molar-refractivity contribution in [1.29, 1.82) is 0 Å². The predicted molar refractivity (Wildman–Crippen MR) is 158 cm³/mol. The molecule has 1 saturated heterocycles. The van der Waals surface area contributed by atoms with E-state index in [9.17, 15) is 14.7 Å². The van der Waals surface area contributed by atoms with Crippen LogP contribution in [-0.2, 0) is 16.2 Å². The lowest BCUT2D eigenvalue weighted by molar-refractivity contribution is -0.140. The van der Waals surface area contributed by atoms with Gasteiger partial charge in [0.05, 0.1) is 11.6 Å². The van der Waals surface area contributed by atoms with E-state index in [-0.39, 0.29) is 11.3 Å². The molecule has 7 heteroatoms. The average Bonchev–Trinajstić information content (AvgIpc) is 3.18. The number of hydrogen-bond acceptors (Lipinski definition) is 5. The topological polar surface area (TPSA) is 70.1 Å². The van der Waals surface area contributed by atoms with Gasteiger partial charge >= 0.3 is 0 Å². The summed E-state index contributed by atoms with van der Waals surface area (Å²) in [6.07, 6.45) is 0. The molecule has 1 fully saturated rings. The summed E-state index contributed by atoms with van der Waals surface area (Å²) in [6, 6.07) is 22.1. The summed E-state index contributed by atoms with van der Waals surface area (Å²) in [6.45, 7) is 9.37. The first-order valence-corrected chi connectivity index (χ1v) is 14.0. The normalized spacial score (nSPS) is 16.9. The number of halogens is 1. The van der Waals surface area contributed by atoms with Gasteiger partial charge in [-0.1, -0.05) is 50.2 Å². The minimum absolute atomic E-state index is 0.115. The van der Waals surface area contributed by atoms with Crippen LogP contribution in [-0.4, -0.2) is 52.8 Å². The number of amides is 1. The van der Waals surface area contributed by atoms with Crippen molar-refractivity contribution in [3.05, 3.63) is 104 Å². The molecular formula is C31H33IN2O4. The largest absolute Gasteiger partial charge is 0.507 e. The summed E-state index contributed by atoms with van der Waals surface area (Å²) in [5.74, 6) is -0.771. The van der Waals surface area contributed by atoms with Crippen molar-refractivity contribution in [3.8, 4) is 5.75 Å². The first-order chi connectivity index (χ1) is 18.3. The lowest BCUT2D eigenvalue weighted by atomic mass is 9.95. The molecule has 3 aromatic rings. The molecule has 4 rings (SSSR count). The Bertz CT molecular complexity index is 1310. The Morgan fingerprint density at radius 2 is 1.63 bits per heavy atom. The number of rotatable bonds is 10. The zero-order valence-electron chi connectivity index (χ0n) is 22.0. The molecule has 0 saturated carbocycles. The van der Waals surface area contributed by atoms with Crippen LogP contribution in [0.5, 0.6) is 5.75 Å². The molecule has 198 valence electrons. The molecule has 3 aromatic carbocycles. The Labute approximate surface area is 238 Å². The van der Waals surface area contributed by atoms with Gasteiger partial charge in [-0.3, -0.25) is 9.59 Å². The van der Waals surface area contributed by atoms with Gasteiger partial charge in [-0.05, 0) is 95.7 Å². The Morgan fingerprint density at radius 3 is 2.26 bits per heavy atom. The zero-order chi connectivity index (χ0) is 27.2. The number of likely N-dealkylation sites (tertiary alicyclic amines) is 1. The summed E-state index contributed by atoms with van der Waals surface area (Å²) in [5, 5.41) is 11.3. The maximum Gasteiger partial charge on any atom is 0.295 e. The third-order valence-corrected chi connectivity index (χ3v) is 7.78. The van der Waals surface area contributed by atoms with E-state index >= 15 is 0 Å². The number of ketones is 1. The Balaban J connectivity index is 1.64. The Kier molecular flexibility index (Phi) is 9.22. The highest BCUT2D eigenvalue weighted by Gasteiger charge is 2.45. The molecule has 6 nitrogen and oxygen atoms in total. The number of carbonyl (C=O) groups excluding carboxylic acids is 2. The van der Waals surface area contributed by atoms with Crippen LogP contribution in [0.4, 0.5) is 0 Å². The molecule has 0 spiro atoms. The van der Waals surface area contributed by atoms with Gasteiger partial charge in [-0.25, -0.2) is 0 Å². The van der Waals surface area contributed by atoms with Gasteiger partial charge in [0, 0.05) is 22.2 Å². The van der Waals surface area contributed by atoms with Gasteiger partial charge < -0.3 is 19.6 Å². The molecule has 1 atom stereocenters. The molecule has 38 heavy (non-hydrogen) atoms. The number of nitrogens with zero attached hydrogens (tertiary/aromatic N) is 2. The smallest absolute Gasteiger partial charge is 0.295 e. The van der Waals surface area contributed by atoms with Gasteiger partial charge in [0.15, 0.2) is 0 Å². The standard InChI is InChI=1S/C31H33IN2O4/c1-4-33(5-2)18-19-34-28(22-10-14-25(32)15-11-22)27(30(36)31(34)37)29(35)23-12-16-26(17-13-23)38-20-24-9-7-6-8-21(24)3/h6-17,28,35H,4-5,18-20H2,1-3H3.